The first-order chi connectivity index (χ1) is 16.1. The number of fused-ring (bicyclic) bond motifs is 8. The molecule has 0 amide bonds. The van der Waals surface area contributed by atoms with Gasteiger partial charge in [0.05, 0.1) is 20.4 Å². The molecule has 8 aromatic rings. The summed E-state index contributed by atoms with van der Waals surface area (Å²) in [5, 5.41) is 4.77. The lowest BCUT2D eigenvalue weighted by molar-refractivity contribution is 1.09. The molecule has 0 bridgehead atoms. The maximum atomic E-state index is 5.05. The van der Waals surface area contributed by atoms with E-state index < -0.39 is 0 Å². The maximum Gasteiger partial charge on any atom is 0.152 e. The van der Waals surface area contributed by atoms with Gasteiger partial charge in [0.25, 0.3) is 0 Å². The molecule has 33 heavy (non-hydrogen) atoms. The molecule has 8 rings (SSSR count). The molecule has 0 N–H and O–H groups in total. The Morgan fingerprint density at radius 1 is 0.697 bits per heavy atom. The van der Waals surface area contributed by atoms with Crippen LogP contribution in [0.3, 0.4) is 0 Å². The molecule has 0 aliphatic carbocycles. The molecule has 0 aliphatic rings. The van der Waals surface area contributed by atoms with E-state index in [0.29, 0.717) is 0 Å². The highest BCUT2D eigenvalue weighted by molar-refractivity contribution is 7.26. The van der Waals surface area contributed by atoms with E-state index >= 15 is 0 Å². The number of imidazole rings is 2. The largest absolute Gasteiger partial charge is 0.274 e. The van der Waals surface area contributed by atoms with Crippen molar-refractivity contribution in [2.75, 3.05) is 14.1 Å². The van der Waals surface area contributed by atoms with Crippen LogP contribution < -0.4 is 11.0 Å². The zero-order valence-corrected chi connectivity index (χ0v) is 20.7. The fourth-order valence-corrected chi connectivity index (χ4v) is 8.45. The van der Waals surface area contributed by atoms with Crippen LogP contribution in [-0.4, -0.2) is 32.9 Å². The van der Waals surface area contributed by atoms with E-state index in [4.69, 9.17) is 20.0 Å². The van der Waals surface area contributed by atoms with Crippen LogP contribution in [-0.2, 0) is 0 Å². The number of pyridine rings is 2. The molecule has 0 spiro atoms. The fraction of sp³-hybridized carbons (Fsp3) is 0.167. The SMILES string of the molecule is CN=c1c2sc3c(=NC)n4c5cc(C)sc5nc4c4ccc(c2c34)c2nc3sc(C)cc3n12. The third kappa shape index (κ3) is 2.01. The summed E-state index contributed by atoms with van der Waals surface area (Å²) in [6.45, 7) is 4.26. The van der Waals surface area contributed by atoms with E-state index in [0.717, 1.165) is 53.7 Å². The summed E-state index contributed by atoms with van der Waals surface area (Å²) in [6.07, 6.45) is 0. The lowest BCUT2D eigenvalue weighted by Gasteiger charge is -2.07. The van der Waals surface area contributed by atoms with Crippen LogP contribution in [0.2, 0.25) is 0 Å². The summed E-state index contributed by atoms with van der Waals surface area (Å²) in [4.78, 5) is 24.3. The zero-order valence-electron chi connectivity index (χ0n) is 18.2. The molecule has 160 valence electrons. The number of nitrogens with zero attached hydrogens (tertiary/aromatic N) is 6. The molecule has 1 aromatic carbocycles. The Bertz CT molecular complexity index is 2080. The van der Waals surface area contributed by atoms with Crippen molar-refractivity contribution in [3.05, 3.63) is 45.0 Å². The highest BCUT2D eigenvalue weighted by atomic mass is 32.1. The topological polar surface area (TPSA) is 59.3 Å². The number of hydrogen-bond acceptors (Lipinski definition) is 7. The molecule has 0 aliphatic heterocycles. The second-order valence-corrected chi connectivity index (χ2v) is 11.9. The molecule has 0 saturated carbocycles. The standard InChI is InChI=1S/C24H16N6S3/c1-9-7-13-23(31-9)27-19-11-5-6-12-16-15(11)17(21(25-3)29(13)19)33-18(16)22(26-4)30-14-8-10(2)32-24(14)28-20(12)30/h5-8H,1-4H3. The van der Waals surface area contributed by atoms with Gasteiger partial charge in [-0.05, 0) is 38.1 Å². The highest BCUT2D eigenvalue weighted by Crippen LogP contribution is 2.42. The van der Waals surface area contributed by atoms with Crippen LogP contribution in [0.1, 0.15) is 9.75 Å². The smallest absolute Gasteiger partial charge is 0.152 e. The second kappa shape index (κ2) is 5.85. The van der Waals surface area contributed by atoms with Crippen molar-refractivity contribution in [2.24, 2.45) is 9.98 Å². The number of rotatable bonds is 0. The molecule has 7 heterocycles. The quantitative estimate of drug-likeness (QED) is 0.267. The Morgan fingerprint density at radius 3 is 1.58 bits per heavy atom. The van der Waals surface area contributed by atoms with Crippen LogP contribution in [0.25, 0.3) is 62.9 Å². The first kappa shape index (κ1) is 18.3. The van der Waals surface area contributed by atoms with E-state index in [-0.39, 0.29) is 0 Å². The number of benzene rings is 1. The van der Waals surface area contributed by atoms with E-state index in [1.54, 1.807) is 34.0 Å². The van der Waals surface area contributed by atoms with Gasteiger partial charge in [0.2, 0.25) is 0 Å². The van der Waals surface area contributed by atoms with E-state index in [1.165, 1.54) is 29.9 Å². The van der Waals surface area contributed by atoms with Crippen molar-refractivity contribution < 1.29 is 0 Å². The summed E-state index contributed by atoms with van der Waals surface area (Å²) in [5.41, 5.74) is 6.13. The van der Waals surface area contributed by atoms with Crippen LogP contribution in [0.5, 0.6) is 0 Å². The first-order valence-corrected chi connectivity index (χ1v) is 13.1. The summed E-state index contributed by atoms with van der Waals surface area (Å²) in [7, 11) is 3.75. The Morgan fingerprint density at radius 2 is 1.15 bits per heavy atom. The predicted molar refractivity (Wildman–Crippen MR) is 140 cm³/mol. The van der Waals surface area contributed by atoms with Gasteiger partial charge < -0.3 is 0 Å². The van der Waals surface area contributed by atoms with Gasteiger partial charge in [-0.1, -0.05) is 0 Å². The van der Waals surface area contributed by atoms with Gasteiger partial charge in [-0.2, -0.15) is 0 Å². The van der Waals surface area contributed by atoms with Crippen molar-refractivity contribution >= 4 is 96.9 Å². The molecular formula is C24H16N6S3. The molecule has 0 radical (unpaired) electrons. The number of aromatic nitrogens is 4. The van der Waals surface area contributed by atoms with Crippen molar-refractivity contribution in [1.29, 1.82) is 0 Å². The molecule has 9 heteroatoms. The minimum Gasteiger partial charge on any atom is -0.274 e. The van der Waals surface area contributed by atoms with Gasteiger partial charge in [0.1, 0.15) is 21.0 Å². The number of aryl methyl sites for hydroxylation is 2. The van der Waals surface area contributed by atoms with Gasteiger partial charge in [0, 0.05) is 45.4 Å². The van der Waals surface area contributed by atoms with Gasteiger partial charge >= 0.3 is 0 Å². The Hall–Kier alpha value is -3.14. The third-order valence-corrected chi connectivity index (χ3v) is 9.60. The summed E-state index contributed by atoms with van der Waals surface area (Å²) in [6, 6.07) is 8.86. The Kier molecular flexibility index (Phi) is 3.25. The average molecular weight is 485 g/mol. The Labute approximate surface area is 198 Å². The van der Waals surface area contributed by atoms with E-state index in [9.17, 15) is 0 Å². The lowest BCUT2D eigenvalue weighted by Crippen LogP contribution is -2.14. The second-order valence-electron chi connectivity index (χ2n) is 8.40. The van der Waals surface area contributed by atoms with Gasteiger partial charge in [-0.3, -0.25) is 18.8 Å². The van der Waals surface area contributed by atoms with Crippen molar-refractivity contribution in [3.63, 3.8) is 0 Å². The molecule has 0 unspecified atom stereocenters. The number of thiophene rings is 3. The minimum atomic E-state index is 0.961. The van der Waals surface area contributed by atoms with Gasteiger partial charge in [-0.15, -0.1) is 34.0 Å². The first-order valence-electron chi connectivity index (χ1n) is 10.6. The minimum absolute atomic E-state index is 0.961. The van der Waals surface area contributed by atoms with E-state index in [2.05, 4.69) is 46.9 Å². The summed E-state index contributed by atoms with van der Waals surface area (Å²) in [5.74, 6) is 0. The maximum absolute atomic E-state index is 5.05. The molecule has 0 fully saturated rings. The normalized spacial score (nSPS) is 14.4. The van der Waals surface area contributed by atoms with Crippen LogP contribution in [0, 0.1) is 13.8 Å². The average Bonchev–Trinajstić information content (AvgIpc) is 3.57. The van der Waals surface area contributed by atoms with Crippen LogP contribution in [0.4, 0.5) is 0 Å². The van der Waals surface area contributed by atoms with Crippen LogP contribution >= 0.6 is 34.0 Å². The van der Waals surface area contributed by atoms with Crippen molar-refractivity contribution in [2.45, 2.75) is 13.8 Å². The fourth-order valence-electron chi connectivity index (χ4n) is 5.34. The molecular weight excluding hydrogens is 469 g/mol. The van der Waals surface area contributed by atoms with Gasteiger partial charge in [-0.25, -0.2) is 9.97 Å². The van der Waals surface area contributed by atoms with Crippen molar-refractivity contribution in [3.8, 4) is 0 Å². The van der Waals surface area contributed by atoms with E-state index in [1.807, 2.05) is 14.1 Å². The monoisotopic (exact) mass is 484 g/mol. The molecule has 0 atom stereocenters. The zero-order chi connectivity index (χ0) is 22.2. The summed E-state index contributed by atoms with van der Waals surface area (Å²) < 4.78 is 6.82. The third-order valence-electron chi connectivity index (χ3n) is 6.55. The van der Waals surface area contributed by atoms with Gasteiger partial charge in [0.15, 0.2) is 11.0 Å². The molecule has 7 aromatic heterocycles. The van der Waals surface area contributed by atoms with Crippen LogP contribution in [0.15, 0.2) is 34.3 Å². The highest BCUT2D eigenvalue weighted by Gasteiger charge is 2.24. The number of hydrogen-bond donors (Lipinski definition) is 0. The predicted octanol–water partition coefficient (Wildman–Crippen LogP) is 5.49. The molecule has 0 saturated heterocycles. The lowest BCUT2D eigenvalue weighted by atomic mass is 10.0. The molecule has 6 nitrogen and oxygen atoms in total. The summed E-state index contributed by atoms with van der Waals surface area (Å²) >= 11 is 5.25. The Balaban J connectivity index is 1.74. The van der Waals surface area contributed by atoms with Crippen molar-refractivity contribution in [1.82, 2.24) is 18.8 Å².